The first-order valence-corrected chi connectivity index (χ1v) is 7.59. The van der Waals surface area contributed by atoms with Crippen molar-refractivity contribution in [3.05, 3.63) is 46.3 Å². The average Bonchev–Trinajstić information content (AvgIpc) is 2.96. The third-order valence-corrected chi connectivity index (χ3v) is 4.74. The highest BCUT2D eigenvalue weighted by Crippen LogP contribution is 2.39. The molecule has 1 amide bonds. The lowest BCUT2D eigenvalue weighted by Gasteiger charge is -2.15. The minimum absolute atomic E-state index is 0.242. The molecule has 3 rings (SSSR count). The summed E-state index contributed by atoms with van der Waals surface area (Å²) in [7, 11) is 1.51. The number of ether oxygens (including phenoxy) is 1. The van der Waals surface area contributed by atoms with Crippen LogP contribution in [0.1, 0.15) is 20.8 Å². The van der Waals surface area contributed by atoms with Gasteiger partial charge < -0.3 is 10.1 Å². The SMILES string of the molecule is CNC(=O)COC(=O)c1cc2c(s1)-c1ccccc1CC2. The largest absolute Gasteiger partial charge is 0.451 e. The van der Waals surface area contributed by atoms with Gasteiger partial charge in [-0.15, -0.1) is 11.3 Å². The molecule has 0 spiro atoms. The van der Waals surface area contributed by atoms with E-state index in [4.69, 9.17) is 4.74 Å². The molecule has 21 heavy (non-hydrogen) atoms. The lowest BCUT2D eigenvalue weighted by atomic mass is 9.91. The molecular weight excluding hydrogens is 286 g/mol. The van der Waals surface area contributed by atoms with E-state index in [-0.39, 0.29) is 12.5 Å². The Labute approximate surface area is 126 Å². The summed E-state index contributed by atoms with van der Waals surface area (Å²) in [5.41, 5.74) is 3.71. The minimum Gasteiger partial charge on any atom is -0.451 e. The number of amides is 1. The Hall–Kier alpha value is -2.14. The Morgan fingerprint density at radius 1 is 1.24 bits per heavy atom. The van der Waals surface area contributed by atoms with E-state index in [9.17, 15) is 9.59 Å². The van der Waals surface area contributed by atoms with Crippen LogP contribution in [-0.2, 0) is 22.4 Å². The van der Waals surface area contributed by atoms with Crippen LogP contribution in [-0.4, -0.2) is 25.5 Å². The van der Waals surface area contributed by atoms with Crippen molar-refractivity contribution in [1.29, 1.82) is 0 Å². The van der Waals surface area contributed by atoms with E-state index >= 15 is 0 Å². The second-order valence-electron chi connectivity index (χ2n) is 4.87. The molecule has 0 saturated carbocycles. The molecule has 0 aliphatic heterocycles. The van der Waals surface area contributed by atoms with E-state index < -0.39 is 5.97 Å². The molecule has 1 heterocycles. The zero-order valence-electron chi connectivity index (χ0n) is 11.6. The van der Waals surface area contributed by atoms with Crippen molar-refractivity contribution < 1.29 is 14.3 Å². The van der Waals surface area contributed by atoms with Crippen LogP contribution in [0.2, 0.25) is 0 Å². The van der Waals surface area contributed by atoms with Gasteiger partial charge in [-0.05, 0) is 35.6 Å². The number of hydrogen-bond donors (Lipinski definition) is 1. The van der Waals surface area contributed by atoms with Crippen molar-refractivity contribution in [2.75, 3.05) is 13.7 Å². The van der Waals surface area contributed by atoms with Gasteiger partial charge in [-0.25, -0.2) is 4.79 Å². The summed E-state index contributed by atoms with van der Waals surface area (Å²) in [6.45, 7) is -0.242. The molecule has 0 radical (unpaired) electrons. The van der Waals surface area contributed by atoms with Crippen molar-refractivity contribution >= 4 is 23.2 Å². The normalized spacial score (nSPS) is 12.2. The smallest absolute Gasteiger partial charge is 0.348 e. The molecule has 0 atom stereocenters. The summed E-state index contributed by atoms with van der Waals surface area (Å²) in [5.74, 6) is -0.745. The Morgan fingerprint density at radius 2 is 2.00 bits per heavy atom. The molecule has 0 fully saturated rings. The number of likely N-dealkylation sites (N-methyl/N-ethyl adjacent to an activating group) is 1. The standard InChI is InChI=1S/C16H15NO3S/c1-17-14(18)9-20-16(19)13-8-11-7-6-10-4-2-3-5-12(10)15(11)21-13/h2-5,8H,6-7,9H2,1H3,(H,17,18). The zero-order chi connectivity index (χ0) is 14.8. The third-order valence-electron chi connectivity index (χ3n) is 3.55. The van der Waals surface area contributed by atoms with Gasteiger partial charge in [0.1, 0.15) is 4.88 Å². The Kier molecular flexibility index (Phi) is 3.75. The summed E-state index contributed by atoms with van der Waals surface area (Å²) in [5, 5.41) is 2.42. The fraction of sp³-hybridized carbons (Fsp3) is 0.250. The lowest BCUT2D eigenvalue weighted by Crippen LogP contribution is -2.24. The molecule has 0 bridgehead atoms. The van der Waals surface area contributed by atoms with Gasteiger partial charge in [0.15, 0.2) is 6.61 Å². The maximum absolute atomic E-state index is 12.0. The maximum Gasteiger partial charge on any atom is 0.348 e. The number of thiophene rings is 1. The van der Waals surface area contributed by atoms with E-state index in [1.807, 2.05) is 18.2 Å². The number of carbonyl (C=O) groups is 2. The Balaban J connectivity index is 1.84. The van der Waals surface area contributed by atoms with Gasteiger partial charge in [0.2, 0.25) is 0 Å². The summed E-state index contributed by atoms with van der Waals surface area (Å²) in [6, 6.07) is 10.2. The van der Waals surface area contributed by atoms with E-state index in [1.165, 1.54) is 35.1 Å². The average molecular weight is 301 g/mol. The van der Waals surface area contributed by atoms with Gasteiger partial charge in [0.25, 0.3) is 5.91 Å². The first-order chi connectivity index (χ1) is 10.2. The number of carbonyl (C=O) groups excluding carboxylic acids is 2. The number of rotatable bonds is 3. The fourth-order valence-electron chi connectivity index (χ4n) is 2.45. The lowest BCUT2D eigenvalue weighted by molar-refractivity contribution is -0.123. The second-order valence-corrected chi connectivity index (χ2v) is 5.92. The minimum atomic E-state index is -0.435. The van der Waals surface area contributed by atoms with Crippen molar-refractivity contribution in [2.45, 2.75) is 12.8 Å². The first kappa shape index (κ1) is 13.8. The molecule has 1 aromatic carbocycles. The highest BCUT2D eigenvalue weighted by Gasteiger charge is 2.22. The highest BCUT2D eigenvalue weighted by atomic mass is 32.1. The molecule has 1 aliphatic rings. The molecular formula is C16H15NO3S. The number of esters is 1. The van der Waals surface area contributed by atoms with Crippen LogP contribution in [0.25, 0.3) is 10.4 Å². The van der Waals surface area contributed by atoms with Crippen LogP contribution >= 0.6 is 11.3 Å². The van der Waals surface area contributed by atoms with Gasteiger partial charge in [-0.3, -0.25) is 4.79 Å². The van der Waals surface area contributed by atoms with Crippen molar-refractivity contribution in [2.24, 2.45) is 0 Å². The number of benzene rings is 1. The van der Waals surface area contributed by atoms with Crippen LogP contribution in [0.15, 0.2) is 30.3 Å². The molecule has 108 valence electrons. The number of fused-ring (bicyclic) bond motifs is 3. The summed E-state index contributed by atoms with van der Waals surface area (Å²) in [4.78, 5) is 24.8. The van der Waals surface area contributed by atoms with Gasteiger partial charge in [-0.2, -0.15) is 0 Å². The molecule has 4 nitrogen and oxygen atoms in total. The van der Waals surface area contributed by atoms with E-state index in [2.05, 4.69) is 17.4 Å². The third kappa shape index (κ3) is 2.69. The molecule has 1 aromatic heterocycles. The molecule has 1 aliphatic carbocycles. The van der Waals surface area contributed by atoms with E-state index in [1.54, 1.807) is 0 Å². The topological polar surface area (TPSA) is 55.4 Å². The zero-order valence-corrected chi connectivity index (χ0v) is 12.5. The van der Waals surface area contributed by atoms with Crippen molar-refractivity contribution in [3.8, 4) is 10.4 Å². The van der Waals surface area contributed by atoms with Crippen LogP contribution < -0.4 is 5.32 Å². The molecule has 5 heteroatoms. The fourth-order valence-corrected chi connectivity index (χ4v) is 3.61. The number of aryl methyl sites for hydroxylation is 2. The van der Waals surface area contributed by atoms with Crippen LogP contribution in [0.3, 0.4) is 0 Å². The van der Waals surface area contributed by atoms with Gasteiger partial charge in [0, 0.05) is 11.9 Å². The summed E-state index contributed by atoms with van der Waals surface area (Å²) >= 11 is 1.44. The monoisotopic (exact) mass is 301 g/mol. The van der Waals surface area contributed by atoms with Gasteiger partial charge in [-0.1, -0.05) is 24.3 Å². The van der Waals surface area contributed by atoms with E-state index in [0.717, 1.165) is 17.7 Å². The van der Waals surface area contributed by atoms with Crippen LogP contribution in [0.5, 0.6) is 0 Å². The predicted molar refractivity (Wildman–Crippen MR) is 81.5 cm³/mol. The number of hydrogen-bond acceptors (Lipinski definition) is 4. The summed E-state index contributed by atoms with van der Waals surface area (Å²) < 4.78 is 5.01. The van der Waals surface area contributed by atoms with Crippen LogP contribution in [0, 0.1) is 0 Å². The van der Waals surface area contributed by atoms with Crippen LogP contribution in [0.4, 0.5) is 0 Å². The van der Waals surface area contributed by atoms with Gasteiger partial charge in [0.05, 0.1) is 0 Å². The highest BCUT2D eigenvalue weighted by molar-refractivity contribution is 7.17. The summed E-state index contributed by atoms with van der Waals surface area (Å²) in [6.07, 6.45) is 1.93. The maximum atomic E-state index is 12.0. The van der Waals surface area contributed by atoms with E-state index in [0.29, 0.717) is 4.88 Å². The Morgan fingerprint density at radius 3 is 2.81 bits per heavy atom. The molecule has 1 N–H and O–H groups in total. The van der Waals surface area contributed by atoms with Crippen molar-refractivity contribution in [3.63, 3.8) is 0 Å². The first-order valence-electron chi connectivity index (χ1n) is 6.77. The van der Waals surface area contributed by atoms with Gasteiger partial charge >= 0.3 is 5.97 Å². The quantitative estimate of drug-likeness (QED) is 0.886. The molecule has 0 saturated heterocycles. The number of nitrogens with one attached hydrogen (secondary N) is 1. The Bertz CT molecular complexity index is 705. The molecule has 2 aromatic rings. The molecule has 0 unspecified atom stereocenters. The predicted octanol–water partition coefficient (Wildman–Crippen LogP) is 2.42. The van der Waals surface area contributed by atoms with Crippen molar-refractivity contribution in [1.82, 2.24) is 5.32 Å². The second kappa shape index (κ2) is 5.69.